The second-order valence-electron chi connectivity index (χ2n) is 6.17. The first-order chi connectivity index (χ1) is 13.1. The van der Waals surface area contributed by atoms with E-state index in [1.165, 1.54) is 22.1 Å². The summed E-state index contributed by atoms with van der Waals surface area (Å²) in [6.07, 6.45) is 0. The van der Waals surface area contributed by atoms with Gasteiger partial charge in [-0.05, 0) is 42.4 Å². The van der Waals surface area contributed by atoms with Crippen LogP contribution in [0, 0.1) is 6.92 Å². The molecular weight excluding hydrogens is 380 g/mol. The Morgan fingerprint density at radius 2 is 2.04 bits per heavy atom. The molecular formula is C19H13N4O2S2-. The van der Waals surface area contributed by atoms with Crippen molar-refractivity contribution in [3.8, 4) is 22.3 Å². The van der Waals surface area contributed by atoms with E-state index >= 15 is 0 Å². The van der Waals surface area contributed by atoms with Gasteiger partial charge < -0.3 is 9.67 Å². The molecule has 2 aliphatic heterocycles. The van der Waals surface area contributed by atoms with Crippen LogP contribution in [0.5, 0.6) is 5.88 Å². The summed E-state index contributed by atoms with van der Waals surface area (Å²) in [4.78, 5) is 18.6. The number of rotatable bonds is 3. The van der Waals surface area contributed by atoms with Gasteiger partial charge in [0.25, 0.3) is 5.56 Å². The van der Waals surface area contributed by atoms with Crippen molar-refractivity contribution in [1.82, 2.24) is 19.3 Å². The molecule has 2 aromatic heterocycles. The SMILES string of the molecule is Cc1c2c(=O)n(-c3nc4ccccc4s3)nc-2cc([O-])n1Cc1cccs1. The zero-order valence-corrected chi connectivity index (χ0v) is 15.9. The molecule has 0 unspecified atom stereocenters. The zero-order valence-electron chi connectivity index (χ0n) is 14.2. The van der Waals surface area contributed by atoms with Crippen molar-refractivity contribution in [3.05, 3.63) is 68.8 Å². The van der Waals surface area contributed by atoms with Gasteiger partial charge in [-0.1, -0.05) is 29.5 Å². The number of aromatic nitrogens is 4. The summed E-state index contributed by atoms with van der Waals surface area (Å²) in [5, 5.41) is 19.4. The number of thiazole rings is 1. The Morgan fingerprint density at radius 1 is 1.19 bits per heavy atom. The van der Waals surface area contributed by atoms with E-state index in [0.29, 0.717) is 28.6 Å². The first-order valence-electron chi connectivity index (χ1n) is 8.30. The number of pyridine rings is 1. The van der Waals surface area contributed by atoms with Crippen LogP contribution in [0.4, 0.5) is 0 Å². The molecule has 0 saturated heterocycles. The molecule has 134 valence electrons. The molecule has 0 bridgehead atoms. The maximum Gasteiger partial charge on any atom is 0.284 e. The summed E-state index contributed by atoms with van der Waals surface area (Å²) < 4.78 is 3.91. The molecule has 0 atom stereocenters. The number of benzene rings is 1. The number of hydrogen-bond donors (Lipinski definition) is 0. The monoisotopic (exact) mass is 393 g/mol. The Labute approximate surface area is 161 Å². The molecule has 0 spiro atoms. The fourth-order valence-corrected chi connectivity index (χ4v) is 4.80. The summed E-state index contributed by atoms with van der Waals surface area (Å²) >= 11 is 2.99. The summed E-state index contributed by atoms with van der Waals surface area (Å²) in [6, 6.07) is 13.1. The highest BCUT2D eigenvalue weighted by atomic mass is 32.1. The van der Waals surface area contributed by atoms with Gasteiger partial charge in [-0.3, -0.25) is 4.79 Å². The average molecular weight is 393 g/mol. The number of nitrogens with zero attached hydrogens (tertiary/aromatic N) is 4. The summed E-state index contributed by atoms with van der Waals surface area (Å²) in [6.45, 7) is 2.24. The van der Waals surface area contributed by atoms with E-state index < -0.39 is 0 Å². The van der Waals surface area contributed by atoms with Crippen molar-refractivity contribution >= 4 is 32.9 Å². The maximum absolute atomic E-state index is 13.0. The van der Waals surface area contributed by atoms with Gasteiger partial charge in [0.15, 0.2) is 0 Å². The van der Waals surface area contributed by atoms with Gasteiger partial charge in [-0.15, -0.1) is 11.3 Å². The van der Waals surface area contributed by atoms with Gasteiger partial charge in [0.1, 0.15) is 0 Å². The predicted molar refractivity (Wildman–Crippen MR) is 105 cm³/mol. The molecule has 0 aliphatic carbocycles. The van der Waals surface area contributed by atoms with Crippen LogP contribution in [0.15, 0.2) is 52.6 Å². The second kappa shape index (κ2) is 6.04. The third-order valence-corrected chi connectivity index (χ3v) is 6.39. The highest BCUT2D eigenvalue weighted by Crippen LogP contribution is 2.29. The van der Waals surface area contributed by atoms with E-state index in [-0.39, 0.29) is 11.4 Å². The van der Waals surface area contributed by atoms with Crippen LogP contribution in [0.1, 0.15) is 10.6 Å². The number of thiophene rings is 1. The smallest absolute Gasteiger partial charge is 0.284 e. The first-order valence-corrected chi connectivity index (χ1v) is 10.00. The van der Waals surface area contributed by atoms with Crippen LogP contribution in [-0.4, -0.2) is 19.3 Å². The molecule has 2 aliphatic rings. The molecule has 0 saturated carbocycles. The summed E-state index contributed by atoms with van der Waals surface area (Å²) in [7, 11) is 0. The fourth-order valence-electron chi connectivity index (χ4n) is 3.19. The molecule has 0 N–H and O–H groups in total. The van der Waals surface area contributed by atoms with Gasteiger partial charge in [0.2, 0.25) is 5.13 Å². The minimum Gasteiger partial charge on any atom is -0.860 e. The lowest BCUT2D eigenvalue weighted by atomic mass is 10.1. The Morgan fingerprint density at radius 3 is 2.81 bits per heavy atom. The van der Waals surface area contributed by atoms with Crippen molar-refractivity contribution in [1.29, 1.82) is 0 Å². The van der Waals surface area contributed by atoms with Gasteiger partial charge >= 0.3 is 0 Å². The molecule has 0 amide bonds. The quantitative estimate of drug-likeness (QED) is 0.472. The fraction of sp³-hybridized carbons (Fsp3) is 0.105. The van der Waals surface area contributed by atoms with Crippen LogP contribution in [-0.2, 0) is 6.54 Å². The highest BCUT2D eigenvalue weighted by molar-refractivity contribution is 7.20. The number of fused-ring (bicyclic) bond motifs is 2. The predicted octanol–water partition coefficient (Wildman–Crippen LogP) is 3.24. The molecule has 1 aromatic carbocycles. The van der Waals surface area contributed by atoms with Crippen molar-refractivity contribution in [2.24, 2.45) is 0 Å². The second-order valence-corrected chi connectivity index (χ2v) is 8.22. The zero-order chi connectivity index (χ0) is 18.5. The Kier molecular flexibility index (Phi) is 3.63. The normalized spacial score (nSPS) is 11.6. The summed E-state index contributed by atoms with van der Waals surface area (Å²) in [5.41, 5.74) is 2.07. The van der Waals surface area contributed by atoms with Gasteiger partial charge in [-0.2, -0.15) is 9.78 Å². The molecule has 4 heterocycles. The topological polar surface area (TPSA) is 75.8 Å². The lowest BCUT2D eigenvalue weighted by molar-refractivity contribution is -0.279. The van der Waals surface area contributed by atoms with Crippen molar-refractivity contribution in [2.45, 2.75) is 13.5 Å². The lowest BCUT2D eigenvalue weighted by Crippen LogP contribution is -2.18. The largest absolute Gasteiger partial charge is 0.860 e. The van der Waals surface area contributed by atoms with E-state index in [0.717, 1.165) is 15.1 Å². The van der Waals surface area contributed by atoms with Crippen molar-refractivity contribution in [3.63, 3.8) is 0 Å². The Balaban J connectivity index is 1.70. The van der Waals surface area contributed by atoms with Crippen LogP contribution >= 0.6 is 22.7 Å². The molecule has 6 nitrogen and oxygen atoms in total. The molecule has 27 heavy (non-hydrogen) atoms. The lowest BCUT2D eigenvalue weighted by Gasteiger charge is -2.21. The van der Waals surface area contributed by atoms with E-state index in [1.807, 2.05) is 41.8 Å². The van der Waals surface area contributed by atoms with Gasteiger partial charge in [0.05, 0.1) is 28.0 Å². The van der Waals surface area contributed by atoms with Crippen LogP contribution < -0.4 is 10.7 Å². The first kappa shape index (κ1) is 16.2. The molecule has 0 fully saturated rings. The molecule has 0 radical (unpaired) electrons. The number of para-hydroxylation sites is 1. The van der Waals surface area contributed by atoms with Gasteiger partial charge in [-0.25, -0.2) is 4.98 Å². The third-order valence-electron chi connectivity index (χ3n) is 4.52. The number of hydrogen-bond acceptors (Lipinski definition) is 6. The van der Waals surface area contributed by atoms with Crippen LogP contribution in [0.3, 0.4) is 0 Å². The molecule has 8 heteroatoms. The standard InChI is InChI=1S/C19H14N4O2S2/c1-11-17-14(9-16(24)22(11)10-12-5-4-8-26-12)21-23(18(17)25)19-20-13-6-2-3-7-15(13)27-19/h2-9,24H,10H2,1H3/p-1. The minimum absolute atomic E-state index is 0.164. The molecule has 5 rings (SSSR count). The van der Waals surface area contributed by atoms with E-state index in [9.17, 15) is 9.90 Å². The Bertz CT molecular complexity index is 1260. The van der Waals surface area contributed by atoms with E-state index in [2.05, 4.69) is 10.1 Å². The van der Waals surface area contributed by atoms with Crippen molar-refractivity contribution in [2.75, 3.05) is 0 Å². The maximum atomic E-state index is 13.0. The van der Waals surface area contributed by atoms with Gasteiger partial charge in [0, 0.05) is 10.6 Å². The van der Waals surface area contributed by atoms with Crippen LogP contribution in [0.2, 0.25) is 0 Å². The third kappa shape index (κ3) is 2.56. The van der Waals surface area contributed by atoms with Crippen molar-refractivity contribution < 1.29 is 5.11 Å². The minimum atomic E-state index is -0.249. The highest BCUT2D eigenvalue weighted by Gasteiger charge is 2.22. The molecule has 3 aromatic rings. The Hall–Kier alpha value is -2.97. The van der Waals surface area contributed by atoms with E-state index in [4.69, 9.17) is 0 Å². The average Bonchev–Trinajstić information content (AvgIpc) is 3.37. The van der Waals surface area contributed by atoms with Crippen LogP contribution in [0.25, 0.3) is 26.6 Å². The van der Waals surface area contributed by atoms with E-state index in [1.54, 1.807) is 22.8 Å². The summed E-state index contributed by atoms with van der Waals surface area (Å²) in [5.74, 6) is -0.164.